The average Bonchev–Trinajstić information content (AvgIpc) is 2.11. The molecule has 0 amide bonds. The summed E-state index contributed by atoms with van der Waals surface area (Å²) < 4.78 is 0. The van der Waals surface area contributed by atoms with Gasteiger partial charge in [-0.15, -0.1) is 6.58 Å². The molecule has 0 rings (SSSR count). The van der Waals surface area contributed by atoms with E-state index < -0.39 is 0 Å². The Morgan fingerprint density at radius 2 is 2.42 bits per heavy atom. The number of hydrogen-bond donors (Lipinski definition) is 2. The molecule has 0 heterocycles. The largest absolute Gasteiger partial charge is 0.271 e. The first-order valence-corrected chi connectivity index (χ1v) is 5.65. The lowest BCUT2D eigenvalue weighted by Gasteiger charge is -2.13. The van der Waals surface area contributed by atoms with Crippen molar-refractivity contribution in [2.24, 2.45) is 5.84 Å². The normalized spacial score (nSPS) is 12.8. The van der Waals surface area contributed by atoms with Crippen LogP contribution in [0.15, 0.2) is 12.7 Å². The summed E-state index contributed by atoms with van der Waals surface area (Å²) in [5.41, 5.74) is 2.83. The molecule has 3 heteroatoms. The van der Waals surface area contributed by atoms with E-state index >= 15 is 0 Å². The van der Waals surface area contributed by atoms with Gasteiger partial charge in [0.1, 0.15) is 0 Å². The number of nitrogens with two attached hydrogens (primary N) is 1. The highest BCUT2D eigenvalue weighted by molar-refractivity contribution is 7.99. The molecule has 0 fully saturated rings. The van der Waals surface area contributed by atoms with Gasteiger partial charge in [-0.25, -0.2) is 0 Å². The zero-order valence-electron chi connectivity index (χ0n) is 7.88. The summed E-state index contributed by atoms with van der Waals surface area (Å²) >= 11 is 1.96. The maximum atomic E-state index is 5.40. The predicted molar refractivity (Wildman–Crippen MR) is 58.2 cm³/mol. The van der Waals surface area contributed by atoms with Gasteiger partial charge >= 0.3 is 0 Å². The zero-order chi connectivity index (χ0) is 9.23. The summed E-state index contributed by atoms with van der Waals surface area (Å²) in [5.74, 6) is 7.74. The van der Waals surface area contributed by atoms with Crippen LogP contribution in [0.2, 0.25) is 0 Å². The van der Waals surface area contributed by atoms with E-state index in [1.165, 1.54) is 12.2 Å². The summed E-state index contributed by atoms with van der Waals surface area (Å²) in [7, 11) is 0. The molecule has 0 aliphatic heterocycles. The topological polar surface area (TPSA) is 38.0 Å². The molecule has 3 N–H and O–H groups in total. The van der Waals surface area contributed by atoms with Crippen molar-refractivity contribution in [3.63, 3.8) is 0 Å². The molecule has 72 valence electrons. The quantitative estimate of drug-likeness (QED) is 0.264. The van der Waals surface area contributed by atoms with Crippen molar-refractivity contribution in [2.75, 3.05) is 11.5 Å². The molecule has 0 aliphatic carbocycles. The maximum Gasteiger partial charge on any atom is 0.0304 e. The monoisotopic (exact) mass is 188 g/mol. The molecule has 0 saturated carbocycles. The van der Waals surface area contributed by atoms with Crippen molar-refractivity contribution in [1.82, 2.24) is 5.43 Å². The van der Waals surface area contributed by atoms with Crippen LogP contribution < -0.4 is 11.3 Å². The molecule has 0 radical (unpaired) electrons. The second-order valence-corrected chi connectivity index (χ2v) is 3.95. The highest BCUT2D eigenvalue weighted by atomic mass is 32.2. The highest BCUT2D eigenvalue weighted by Gasteiger charge is 2.03. The average molecular weight is 188 g/mol. The number of hydrogen-bond acceptors (Lipinski definition) is 3. The molecule has 1 unspecified atom stereocenters. The lowest BCUT2D eigenvalue weighted by atomic mass is 10.2. The van der Waals surface area contributed by atoms with Gasteiger partial charge in [0, 0.05) is 11.8 Å². The molecule has 12 heavy (non-hydrogen) atoms. The molecule has 0 aromatic rings. The molecule has 0 spiro atoms. The fourth-order valence-electron chi connectivity index (χ4n) is 0.904. The molecule has 2 nitrogen and oxygen atoms in total. The minimum absolute atomic E-state index is 0.444. The molecule has 0 bridgehead atoms. The Morgan fingerprint density at radius 1 is 1.67 bits per heavy atom. The fraction of sp³-hybridized carbons (Fsp3) is 0.778. The molecule has 0 saturated heterocycles. The number of rotatable bonds is 8. The Bertz CT molecular complexity index is 107. The van der Waals surface area contributed by atoms with E-state index in [9.17, 15) is 0 Å². The molecule has 1 atom stereocenters. The maximum absolute atomic E-state index is 5.40. The predicted octanol–water partition coefficient (Wildman–Crippen LogP) is 1.93. The van der Waals surface area contributed by atoms with Crippen molar-refractivity contribution in [1.29, 1.82) is 0 Å². The smallest absolute Gasteiger partial charge is 0.0304 e. The van der Waals surface area contributed by atoms with Gasteiger partial charge in [-0.1, -0.05) is 13.0 Å². The van der Waals surface area contributed by atoms with E-state index in [4.69, 9.17) is 5.84 Å². The van der Waals surface area contributed by atoms with Gasteiger partial charge in [-0.2, -0.15) is 11.8 Å². The molecule has 0 aliphatic rings. The summed E-state index contributed by atoms with van der Waals surface area (Å²) in [6.45, 7) is 5.88. The van der Waals surface area contributed by atoms with Crippen LogP contribution in [0, 0.1) is 0 Å². The van der Waals surface area contributed by atoms with Gasteiger partial charge in [0.25, 0.3) is 0 Å². The molecular formula is C9H20N2S. The number of allylic oxidation sites excluding steroid dienone is 1. The van der Waals surface area contributed by atoms with Crippen LogP contribution in [0.4, 0.5) is 0 Å². The second-order valence-electron chi connectivity index (χ2n) is 2.80. The Morgan fingerprint density at radius 3 is 2.92 bits per heavy atom. The van der Waals surface area contributed by atoms with E-state index in [1.54, 1.807) is 0 Å². The van der Waals surface area contributed by atoms with E-state index in [0.29, 0.717) is 6.04 Å². The summed E-state index contributed by atoms with van der Waals surface area (Å²) in [6.07, 6.45) is 5.32. The van der Waals surface area contributed by atoms with Gasteiger partial charge in [-0.05, 0) is 25.0 Å². The summed E-state index contributed by atoms with van der Waals surface area (Å²) in [5, 5.41) is 0. The van der Waals surface area contributed by atoms with Crippen LogP contribution in [0.5, 0.6) is 0 Å². The van der Waals surface area contributed by atoms with Crippen LogP contribution >= 0.6 is 11.8 Å². The number of nitrogens with one attached hydrogen (secondary N) is 1. The Labute approximate surface area is 80.0 Å². The Balaban J connectivity index is 3.32. The van der Waals surface area contributed by atoms with Crippen molar-refractivity contribution in [3.8, 4) is 0 Å². The van der Waals surface area contributed by atoms with Crippen molar-refractivity contribution >= 4 is 11.8 Å². The molecule has 0 aromatic carbocycles. The van der Waals surface area contributed by atoms with Crippen LogP contribution in [0.25, 0.3) is 0 Å². The van der Waals surface area contributed by atoms with Crippen LogP contribution in [-0.2, 0) is 0 Å². The Hall–Kier alpha value is 0.01000. The highest BCUT2D eigenvalue weighted by Crippen LogP contribution is 2.08. The Kier molecular flexibility index (Phi) is 9.11. The van der Waals surface area contributed by atoms with E-state index in [1.807, 2.05) is 17.8 Å². The lowest BCUT2D eigenvalue weighted by Crippen LogP contribution is -2.36. The van der Waals surface area contributed by atoms with E-state index in [-0.39, 0.29) is 0 Å². The van der Waals surface area contributed by atoms with Gasteiger partial charge in [0.05, 0.1) is 0 Å². The third-order valence-electron chi connectivity index (χ3n) is 1.62. The molecule has 0 aromatic heterocycles. The first-order valence-electron chi connectivity index (χ1n) is 4.49. The van der Waals surface area contributed by atoms with E-state index in [2.05, 4.69) is 18.9 Å². The zero-order valence-corrected chi connectivity index (χ0v) is 8.70. The molecular weight excluding hydrogens is 168 g/mol. The van der Waals surface area contributed by atoms with Gasteiger partial charge in [0.15, 0.2) is 0 Å². The van der Waals surface area contributed by atoms with Gasteiger partial charge in [0.2, 0.25) is 0 Å². The van der Waals surface area contributed by atoms with Gasteiger partial charge < -0.3 is 0 Å². The van der Waals surface area contributed by atoms with Crippen LogP contribution in [-0.4, -0.2) is 17.5 Å². The van der Waals surface area contributed by atoms with Gasteiger partial charge in [-0.3, -0.25) is 11.3 Å². The minimum atomic E-state index is 0.444. The van der Waals surface area contributed by atoms with Crippen molar-refractivity contribution in [2.45, 2.75) is 32.2 Å². The summed E-state index contributed by atoms with van der Waals surface area (Å²) in [4.78, 5) is 0. The lowest BCUT2D eigenvalue weighted by molar-refractivity contribution is 0.544. The van der Waals surface area contributed by atoms with Crippen LogP contribution in [0.3, 0.4) is 0 Å². The standard InChI is InChI=1S/C9H20N2S/c1-3-5-6-9(11-10)8-12-7-4-2/h3,9,11H,1,4-8,10H2,2H3. The SMILES string of the molecule is C=CCCC(CSCCC)NN. The summed E-state index contributed by atoms with van der Waals surface area (Å²) in [6, 6.07) is 0.444. The third-order valence-corrected chi connectivity index (χ3v) is 2.96. The number of thioether (sulfide) groups is 1. The minimum Gasteiger partial charge on any atom is -0.271 e. The van der Waals surface area contributed by atoms with E-state index in [0.717, 1.165) is 18.6 Å². The van der Waals surface area contributed by atoms with Crippen molar-refractivity contribution < 1.29 is 0 Å². The van der Waals surface area contributed by atoms with Crippen molar-refractivity contribution in [3.05, 3.63) is 12.7 Å². The fourth-order valence-corrected chi connectivity index (χ4v) is 1.91. The first-order chi connectivity index (χ1) is 5.85. The van der Waals surface area contributed by atoms with Crippen LogP contribution in [0.1, 0.15) is 26.2 Å². The first kappa shape index (κ1) is 12.0. The third kappa shape index (κ3) is 6.70. The number of hydrazine groups is 1. The second kappa shape index (κ2) is 9.10.